The normalized spacial score (nSPS) is 10.7. The number of amides is 1. The minimum atomic E-state index is 0.00662. The first kappa shape index (κ1) is 12.4. The Bertz CT molecular complexity index is 747. The van der Waals surface area contributed by atoms with E-state index in [4.69, 9.17) is 0 Å². The van der Waals surface area contributed by atoms with Crippen molar-refractivity contribution in [2.75, 3.05) is 5.32 Å². The van der Waals surface area contributed by atoms with Gasteiger partial charge in [0.25, 0.3) is 0 Å². The van der Waals surface area contributed by atoms with Gasteiger partial charge in [0.15, 0.2) is 0 Å². The molecule has 100 valence electrons. The van der Waals surface area contributed by atoms with Crippen LogP contribution in [0.3, 0.4) is 0 Å². The van der Waals surface area contributed by atoms with E-state index in [0.29, 0.717) is 6.42 Å². The average Bonchev–Trinajstić information content (AvgIpc) is 2.91. The number of aromatic nitrogens is 2. The van der Waals surface area contributed by atoms with Gasteiger partial charge in [-0.05, 0) is 18.2 Å². The van der Waals surface area contributed by atoms with Crippen LogP contribution in [0.2, 0.25) is 0 Å². The predicted octanol–water partition coefficient (Wildman–Crippen LogP) is 3.58. The molecule has 0 spiro atoms. The van der Waals surface area contributed by atoms with Crippen LogP contribution in [0.25, 0.3) is 22.4 Å². The summed E-state index contributed by atoms with van der Waals surface area (Å²) in [6, 6.07) is 15.6. The fourth-order valence-electron chi connectivity index (χ4n) is 2.07. The number of benzene rings is 2. The number of hydrogen-bond donors (Lipinski definition) is 2. The lowest BCUT2D eigenvalue weighted by molar-refractivity contribution is -0.115. The summed E-state index contributed by atoms with van der Waals surface area (Å²) in [5, 5.41) is 2.85. The van der Waals surface area contributed by atoms with Gasteiger partial charge in [0.05, 0.1) is 11.0 Å². The highest BCUT2D eigenvalue weighted by Gasteiger charge is 2.06. The predicted molar refractivity (Wildman–Crippen MR) is 80.5 cm³/mol. The summed E-state index contributed by atoms with van der Waals surface area (Å²) >= 11 is 0. The monoisotopic (exact) mass is 265 g/mol. The molecule has 0 saturated carbocycles. The Kier molecular flexibility index (Phi) is 3.21. The lowest BCUT2D eigenvalue weighted by Gasteiger charge is -2.02. The molecule has 0 radical (unpaired) electrons. The number of hydrogen-bond acceptors (Lipinski definition) is 2. The molecule has 20 heavy (non-hydrogen) atoms. The summed E-state index contributed by atoms with van der Waals surface area (Å²) in [7, 11) is 0. The molecule has 0 unspecified atom stereocenters. The molecule has 1 amide bonds. The van der Waals surface area contributed by atoms with Gasteiger partial charge in [-0.3, -0.25) is 4.79 Å². The SMILES string of the molecule is CCC(=O)Nc1ccc2nc(-c3ccccc3)[nH]c2c1. The largest absolute Gasteiger partial charge is 0.338 e. The highest BCUT2D eigenvalue weighted by molar-refractivity contribution is 5.93. The standard InChI is InChI=1S/C16H15N3O/c1-2-15(20)17-12-8-9-13-14(10-12)19-16(18-13)11-6-4-3-5-7-11/h3-10H,2H2,1H3,(H,17,20)(H,18,19). The van der Waals surface area contributed by atoms with Gasteiger partial charge in [0.1, 0.15) is 5.82 Å². The number of carbonyl (C=O) groups is 1. The molecule has 1 heterocycles. The van der Waals surface area contributed by atoms with Crippen molar-refractivity contribution in [1.29, 1.82) is 0 Å². The van der Waals surface area contributed by atoms with Crippen molar-refractivity contribution in [2.24, 2.45) is 0 Å². The van der Waals surface area contributed by atoms with E-state index in [-0.39, 0.29) is 5.91 Å². The third-order valence-electron chi connectivity index (χ3n) is 3.13. The second-order valence-electron chi connectivity index (χ2n) is 4.59. The first-order valence-corrected chi connectivity index (χ1v) is 6.61. The minimum absolute atomic E-state index is 0.00662. The van der Waals surface area contributed by atoms with Crippen molar-refractivity contribution >= 4 is 22.6 Å². The summed E-state index contributed by atoms with van der Waals surface area (Å²) in [5.74, 6) is 0.840. The molecular formula is C16H15N3O. The van der Waals surface area contributed by atoms with E-state index in [2.05, 4.69) is 15.3 Å². The number of rotatable bonds is 3. The number of H-pyrrole nitrogens is 1. The Labute approximate surface area is 116 Å². The summed E-state index contributed by atoms with van der Waals surface area (Å²) in [5.41, 5.74) is 3.63. The molecule has 2 aromatic carbocycles. The number of imidazole rings is 1. The van der Waals surface area contributed by atoms with E-state index < -0.39 is 0 Å². The van der Waals surface area contributed by atoms with Gasteiger partial charge >= 0.3 is 0 Å². The first-order chi connectivity index (χ1) is 9.76. The summed E-state index contributed by atoms with van der Waals surface area (Å²) < 4.78 is 0. The van der Waals surface area contributed by atoms with Crippen LogP contribution in [0.15, 0.2) is 48.5 Å². The van der Waals surface area contributed by atoms with E-state index in [1.54, 1.807) is 0 Å². The summed E-state index contributed by atoms with van der Waals surface area (Å²) in [4.78, 5) is 19.2. The molecule has 3 aromatic rings. The minimum Gasteiger partial charge on any atom is -0.338 e. The molecule has 0 bridgehead atoms. The van der Waals surface area contributed by atoms with Crippen LogP contribution < -0.4 is 5.32 Å². The number of fused-ring (bicyclic) bond motifs is 1. The number of nitrogens with one attached hydrogen (secondary N) is 2. The van der Waals surface area contributed by atoms with Crippen molar-refractivity contribution in [2.45, 2.75) is 13.3 Å². The third kappa shape index (κ3) is 2.40. The van der Waals surface area contributed by atoms with Crippen LogP contribution >= 0.6 is 0 Å². The fourth-order valence-corrected chi connectivity index (χ4v) is 2.07. The van der Waals surface area contributed by atoms with Crippen LogP contribution in [-0.4, -0.2) is 15.9 Å². The zero-order valence-electron chi connectivity index (χ0n) is 11.2. The van der Waals surface area contributed by atoms with Crippen LogP contribution in [0.5, 0.6) is 0 Å². The van der Waals surface area contributed by atoms with Crippen LogP contribution in [0.4, 0.5) is 5.69 Å². The van der Waals surface area contributed by atoms with E-state index in [0.717, 1.165) is 28.1 Å². The zero-order chi connectivity index (χ0) is 13.9. The van der Waals surface area contributed by atoms with Crippen molar-refractivity contribution < 1.29 is 4.79 Å². The van der Waals surface area contributed by atoms with Crippen molar-refractivity contribution in [3.63, 3.8) is 0 Å². The lowest BCUT2D eigenvalue weighted by atomic mass is 10.2. The van der Waals surface area contributed by atoms with E-state index in [1.165, 1.54) is 0 Å². The molecular weight excluding hydrogens is 250 g/mol. The summed E-state index contributed by atoms with van der Waals surface area (Å²) in [6.07, 6.45) is 0.469. The quantitative estimate of drug-likeness (QED) is 0.760. The molecule has 4 heteroatoms. The molecule has 0 saturated heterocycles. The van der Waals surface area contributed by atoms with E-state index >= 15 is 0 Å². The second kappa shape index (κ2) is 5.17. The molecule has 4 nitrogen and oxygen atoms in total. The Morgan fingerprint density at radius 3 is 2.75 bits per heavy atom. The number of anilines is 1. The lowest BCUT2D eigenvalue weighted by Crippen LogP contribution is -2.09. The average molecular weight is 265 g/mol. The molecule has 0 aliphatic rings. The maximum atomic E-state index is 11.4. The zero-order valence-corrected chi connectivity index (χ0v) is 11.2. The number of aromatic amines is 1. The van der Waals surface area contributed by atoms with Crippen molar-refractivity contribution in [3.05, 3.63) is 48.5 Å². The molecule has 0 aliphatic carbocycles. The van der Waals surface area contributed by atoms with Gasteiger partial charge < -0.3 is 10.3 Å². The molecule has 3 rings (SSSR count). The van der Waals surface area contributed by atoms with Gasteiger partial charge in [-0.2, -0.15) is 0 Å². The van der Waals surface area contributed by atoms with Crippen molar-refractivity contribution in [3.8, 4) is 11.4 Å². The molecule has 0 atom stereocenters. The summed E-state index contributed by atoms with van der Waals surface area (Å²) in [6.45, 7) is 1.83. The Morgan fingerprint density at radius 1 is 1.20 bits per heavy atom. The maximum absolute atomic E-state index is 11.4. The van der Waals surface area contributed by atoms with Gasteiger partial charge in [-0.1, -0.05) is 37.3 Å². The smallest absolute Gasteiger partial charge is 0.224 e. The highest BCUT2D eigenvalue weighted by atomic mass is 16.1. The second-order valence-corrected chi connectivity index (χ2v) is 4.59. The third-order valence-corrected chi connectivity index (χ3v) is 3.13. The molecule has 2 N–H and O–H groups in total. The molecule has 0 aliphatic heterocycles. The van der Waals surface area contributed by atoms with Gasteiger partial charge in [-0.15, -0.1) is 0 Å². The van der Waals surface area contributed by atoms with E-state index in [9.17, 15) is 4.79 Å². The topological polar surface area (TPSA) is 57.8 Å². The van der Waals surface area contributed by atoms with Gasteiger partial charge in [-0.25, -0.2) is 4.98 Å². The molecule has 0 fully saturated rings. The van der Waals surface area contributed by atoms with E-state index in [1.807, 2.05) is 55.5 Å². The molecule has 1 aromatic heterocycles. The number of nitrogens with zero attached hydrogens (tertiary/aromatic N) is 1. The van der Waals surface area contributed by atoms with Crippen LogP contribution in [-0.2, 0) is 4.79 Å². The van der Waals surface area contributed by atoms with Crippen LogP contribution in [0, 0.1) is 0 Å². The van der Waals surface area contributed by atoms with Crippen LogP contribution in [0.1, 0.15) is 13.3 Å². The Morgan fingerprint density at radius 2 is 2.00 bits per heavy atom. The Hall–Kier alpha value is -2.62. The highest BCUT2D eigenvalue weighted by Crippen LogP contribution is 2.22. The van der Waals surface area contributed by atoms with Crippen molar-refractivity contribution in [1.82, 2.24) is 9.97 Å². The first-order valence-electron chi connectivity index (χ1n) is 6.61. The maximum Gasteiger partial charge on any atom is 0.224 e. The fraction of sp³-hybridized carbons (Fsp3) is 0.125. The van der Waals surface area contributed by atoms with Gasteiger partial charge in [0.2, 0.25) is 5.91 Å². The Balaban J connectivity index is 1.97. The number of carbonyl (C=O) groups excluding carboxylic acids is 1. The van der Waals surface area contributed by atoms with Gasteiger partial charge in [0, 0.05) is 17.7 Å².